The number of rotatable bonds is 4. The Labute approximate surface area is 128 Å². The Balaban J connectivity index is 1.59. The first-order chi connectivity index (χ1) is 10.2. The van der Waals surface area contributed by atoms with Gasteiger partial charge >= 0.3 is 5.97 Å². The summed E-state index contributed by atoms with van der Waals surface area (Å²) in [6.07, 6.45) is 2.39. The lowest BCUT2D eigenvalue weighted by Gasteiger charge is -2.33. The summed E-state index contributed by atoms with van der Waals surface area (Å²) in [5.41, 5.74) is 2.67. The second-order valence-corrected chi connectivity index (χ2v) is 6.99. The van der Waals surface area contributed by atoms with Crippen LogP contribution in [0.25, 0.3) is 0 Å². The van der Waals surface area contributed by atoms with Crippen molar-refractivity contribution in [1.29, 1.82) is 0 Å². The fourth-order valence-corrected chi connectivity index (χ4v) is 4.31. The SMILES string of the molecule is O=C(O)C1CCC1C(=O)NCC1SCCc2ccccc21. The van der Waals surface area contributed by atoms with E-state index in [0.29, 0.717) is 19.4 Å². The number of carbonyl (C=O) groups is 2. The molecule has 1 aromatic rings. The quantitative estimate of drug-likeness (QED) is 0.895. The molecule has 1 aliphatic carbocycles. The number of aliphatic carboxylic acids is 1. The molecule has 3 rings (SSSR count). The minimum absolute atomic E-state index is 0.0997. The van der Waals surface area contributed by atoms with Gasteiger partial charge in [-0.2, -0.15) is 11.8 Å². The Bertz CT molecular complexity index is 560. The summed E-state index contributed by atoms with van der Waals surface area (Å²) in [7, 11) is 0. The number of amides is 1. The molecular weight excluding hydrogens is 286 g/mol. The third-order valence-corrected chi connectivity index (χ3v) is 5.75. The van der Waals surface area contributed by atoms with Gasteiger partial charge < -0.3 is 10.4 Å². The van der Waals surface area contributed by atoms with Crippen LogP contribution in [0, 0.1) is 11.8 Å². The molecule has 112 valence electrons. The zero-order chi connectivity index (χ0) is 14.8. The number of carboxylic acids is 1. The highest BCUT2D eigenvalue weighted by molar-refractivity contribution is 7.99. The van der Waals surface area contributed by atoms with Crippen molar-refractivity contribution < 1.29 is 14.7 Å². The number of hydrogen-bond acceptors (Lipinski definition) is 3. The van der Waals surface area contributed by atoms with Crippen LogP contribution in [0.1, 0.15) is 29.2 Å². The molecule has 1 saturated carbocycles. The van der Waals surface area contributed by atoms with Crippen LogP contribution in [0.3, 0.4) is 0 Å². The highest BCUT2D eigenvalue weighted by Gasteiger charge is 2.41. The van der Waals surface area contributed by atoms with Crippen LogP contribution < -0.4 is 5.32 Å². The maximum atomic E-state index is 12.1. The molecule has 0 bridgehead atoms. The number of aryl methyl sites for hydroxylation is 1. The van der Waals surface area contributed by atoms with Gasteiger partial charge in [0.2, 0.25) is 5.91 Å². The third kappa shape index (κ3) is 2.93. The van der Waals surface area contributed by atoms with Gasteiger partial charge in [-0.3, -0.25) is 9.59 Å². The van der Waals surface area contributed by atoms with Crippen LogP contribution in [0.4, 0.5) is 0 Å². The van der Waals surface area contributed by atoms with Crippen molar-refractivity contribution in [3.05, 3.63) is 35.4 Å². The molecule has 3 atom stereocenters. The largest absolute Gasteiger partial charge is 0.481 e. The van der Waals surface area contributed by atoms with Gasteiger partial charge in [-0.15, -0.1) is 0 Å². The van der Waals surface area contributed by atoms with E-state index in [4.69, 9.17) is 5.11 Å². The standard InChI is InChI=1S/C16H19NO3S/c18-15(12-5-6-13(12)16(19)20)17-9-14-11-4-2-1-3-10(11)7-8-21-14/h1-4,12-14H,5-9H2,(H,17,18)(H,19,20). The lowest BCUT2D eigenvalue weighted by molar-refractivity contribution is -0.152. The molecule has 0 saturated heterocycles. The molecular formula is C16H19NO3S. The van der Waals surface area contributed by atoms with Crippen LogP contribution in [0.5, 0.6) is 0 Å². The van der Waals surface area contributed by atoms with Crippen molar-refractivity contribution in [3.63, 3.8) is 0 Å². The number of fused-ring (bicyclic) bond motifs is 1. The highest BCUT2D eigenvalue weighted by atomic mass is 32.2. The van der Waals surface area contributed by atoms with E-state index in [1.807, 2.05) is 17.8 Å². The molecule has 0 aromatic heterocycles. The third-order valence-electron chi connectivity index (χ3n) is 4.48. The molecule has 1 aromatic carbocycles. The van der Waals surface area contributed by atoms with Gasteiger partial charge in [0.25, 0.3) is 0 Å². The molecule has 1 fully saturated rings. The first-order valence-corrected chi connectivity index (χ1v) is 8.41. The summed E-state index contributed by atoms with van der Waals surface area (Å²) < 4.78 is 0. The van der Waals surface area contributed by atoms with Gasteiger partial charge in [-0.1, -0.05) is 24.3 Å². The molecule has 4 nitrogen and oxygen atoms in total. The topological polar surface area (TPSA) is 66.4 Å². The summed E-state index contributed by atoms with van der Waals surface area (Å²) in [5.74, 6) is -0.711. The Morgan fingerprint density at radius 2 is 2.00 bits per heavy atom. The van der Waals surface area contributed by atoms with Crippen LogP contribution in [-0.4, -0.2) is 29.3 Å². The van der Waals surface area contributed by atoms with E-state index in [1.165, 1.54) is 11.1 Å². The fraction of sp³-hybridized carbons (Fsp3) is 0.500. The van der Waals surface area contributed by atoms with E-state index in [2.05, 4.69) is 23.5 Å². The van der Waals surface area contributed by atoms with Gasteiger partial charge in [0, 0.05) is 11.8 Å². The number of nitrogens with one attached hydrogen (secondary N) is 1. The summed E-state index contributed by atoms with van der Waals surface area (Å²) in [6, 6.07) is 8.36. The highest BCUT2D eigenvalue weighted by Crippen LogP contribution is 2.37. The average molecular weight is 305 g/mol. The Kier molecular flexibility index (Phi) is 4.19. The summed E-state index contributed by atoms with van der Waals surface area (Å²) in [4.78, 5) is 23.1. The molecule has 0 spiro atoms. The summed E-state index contributed by atoms with van der Waals surface area (Å²) >= 11 is 1.86. The monoisotopic (exact) mass is 305 g/mol. The van der Waals surface area contributed by atoms with E-state index in [-0.39, 0.29) is 17.1 Å². The van der Waals surface area contributed by atoms with Crippen molar-refractivity contribution in [3.8, 4) is 0 Å². The molecule has 3 unspecified atom stereocenters. The molecule has 1 aliphatic heterocycles. The van der Waals surface area contributed by atoms with Crippen molar-refractivity contribution >= 4 is 23.6 Å². The molecule has 21 heavy (non-hydrogen) atoms. The Morgan fingerprint density at radius 1 is 1.24 bits per heavy atom. The molecule has 1 amide bonds. The van der Waals surface area contributed by atoms with Crippen LogP contribution in [0.15, 0.2) is 24.3 Å². The summed E-state index contributed by atoms with van der Waals surface area (Å²) in [6.45, 7) is 0.587. The number of benzene rings is 1. The molecule has 0 radical (unpaired) electrons. The fourth-order valence-electron chi connectivity index (χ4n) is 3.08. The minimum atomic E-state index is -0.848. The van der Waals surface area contributed by atoms with Crippen LogP contribution >= 0.6 is 11.8 Å². The van der Waals surface area contributed by atoms with E-state index in [1.54, 1.807) is 0 Å². The number of carboxylic acid groups (broad SMARTS) is 1. The van der Waals surface area contributed by atoms with E-state index in [9.17, 15) is 9.59 Å². The number of carbonyl (C=O) groups excluding carboxylic acids is 1. The lowest BCUT2D eigenvalue weighted by Crippen LogP contribution is -2.45. The maximum absolute atomic E-state index is 12.1. The van der Waals surface area contributed by atoms with Gasteiger partial charge in [-0.05, 0) is 36.1 Å². The zero-order valence-electron chi connectivity index (χ0n) is 11.7. The van der Waals surface area contributed by atoms with Crippen molar-refractivity contribution in [2.24, 2.45) is 11.8 Å². The second kappa shape index (κ2) is 6.10. The Morgan fingerprint density at radius 3 is 2.71 bits per heavy atom. The van der Waals surface area contributed by atoms with E-state index < -0.39 is 11.9 Å². The van der Waals surface area contributed by atoms with Crippen LogP contribution in [-0.2, 0) is 16.0 Å². The number of hydrogen-bond donors (Lipinski definition) is 2. The van der Waals surface area contributed by atoms with Crippen molar-refractivity contribution in [2.45, 2.75) is 24.5 Å². The summed E-state index contributed by atoms with van der Waals surface area (Å²) in [5, 5.41) is 12.3. The van der Waals surface area contributed by atoms with Crippen molar-refractivity contribution in [2.75, 3.05) is 12.3 Å². The second-order valence-electron chi connectivity index (χ2n) is 5.68. The van der Waals surface area contributed by atoms with Crippen molar-refractivity contribution in [1.82, 2.24) is 5.32 Å². The van der Waals surface area contributed by atoms with E-state index in [0.717, 1.165) is 12.2 Å². The lowest BCUT2D eigenvalue weighted by atomic mass is 9.73. The zero-order valence-corrected chi connectivity index (χ0v) is 12.6. The first kappa shape index (κ1) is 14.4. The predicted molar refractivity (Wildman–Crippen MR) is 82.2 cm³/mol. The van der Waals surface area contributed by atoms with Crippen LogP contribution in [0.2, 0.25) is 0 Å². The molecule has 2 aliphatic rings. The molecule has 2 N–H and O–H groups in total. The minimum Gasteiger partial charge on any atom is -0.481 e. The molecule has 1 heterocycles. The Hall–Kier alpha value is -1.49. The molecule has 5 heteroatoms. The normalized spacial score (nSPS) is 27.3. The predicted octanol–water partition coefficient (Wildman–Crippen LogP) is 2.24. The van der Waals surface area contributed by atoms with Gasteiger partial charge in [-0.25, -0.2) is 0 Å². The maximum Gasteiger partial charge on any atom is 0.307 e. The first-order valence-electron chi connectivity index (χ1n) is 7.36. The van der Waals surface area contributed by atoms with Gasteiger partial charge in [0.1, 0.15) is 0 Å². The van der Waals surface area contributed by atoms with Gasteiger partial charge in [0.05, 0.1) is 11.8 Å². The average Bonchev–Trinajstić information content (AvgIpc) is 2.43. The van der Waals surface area contributed by atoms with Gasteiger partial charge in [0.15, 0.2) is 0 Å². The van der Waals surface area contributed by atoms with E-state index >= 15 is 0 Å². The number of thioether (sulfide) groups is 1. The smallest absolute Gasteiger partial charge is 0.307 e.